The molecule has 2 fully saturated rings. The molecule has 2 unspecified atom stereocenters. The van der Waals surface area contributed by atoms with E-state index >= 15 is 0 Å². The summed E-state index contributed by atoms with van der Waals surface area (Å²) in [7, 11) is 3.12. The van der Waals surface area contributed by atoms with E-state index in [1.165, 1.54) is 0 Å². The minimum atomic E-state index is -0.314. The number of hydrogen-bond acceptors (Lipinski definition) is 8. The van der Waals surface area contributed by atoms with Crippen molar-refractivity contribution in [3.63, 3.8) is 0 Å². The zero-order valence-electron chi connectivity index (χ0n) is 23.8. The Bertz CT molecular complexity index is 1510. The van der Waals surface area contributed by atoms with Crippen LogP contribution >= 0.6 is 21.6 Å². The van der Waals surface area contributed by atoms with Gasteiger partial charge in [-0.05, 0) is 75.9 Å². The van der Waals surface area contributed by atoms with Crippen LogP contribution in [0.3, 0.4) is 0 Å². The van der Waals surface area contributed by atoms with Crippen LogP contribution < -0.4 is 10.6 Å². The Balaban J connectivity index is 1.20. The number of ether oxygens (including phenoxy) is 2. The molecule has 218 valence electrons. The highest BCUT2D eigenvalue weighted by Crippen LogP contribution is 2.43. The molecule has 0 spiro atoms. The first kappa shape index (κ1) is 28.9. The molecule has 6 rings (SSSR count). The fourth-order valence-corrected chi connectivity index (χ4v) is 7.85. The van der Waals surface area contributed by atoms with E-state index in [0.717, 1.165) is 70.5 Å². The zero-order valence-corrected chi connectivity index (χ0v) is 25.4. The van der Waals surface area contributed by atoms with E-state index in [0.29, 0.717) is 24.2 Å². The maximum Gasteiger partial charge on any atom is 0.252 e. The molecule has 10 heteroatoms. The van der Waals surface area contributed by atoms with Crippen LogP contribution in [0.25, 0.3) is 21.8 Å². The van der Waals surface area contributed by atoms with Gasteiger partial charge in [-0.25, -0.2) is 0 Å². The van der Waals surface area contributed by atoms with Crippen LogP contribution in [0.15, 0.2) is 70.7 Å². The number of nitrogens with zero attached hydrogens (tertiary/aromatic N) is 2. The number of carbonyl (C=O) groups is 2. The first-order valence-corrected chi connectivity index (χ1v) is 16.4. The number of amides is 2. The van der Waals surface area contributed by atoms with Crippen molar-refractivity contribution >= 4 is 55.2 Å². The van der Waals surface area contributed by atoms with Crippen LogP contribution in [0.2, 0.25) is 0 Å². The van der Waals surface area contributed by atoms with Crippen molar-refractivity contribution in [1.29, 1.82) is 0 Å². The normalized spacial score (nSPS) is 22.0. The number of aromatic nitrogens is 2. The van der Waals surface area contributed by atoms with E-state index in [-0.39, 0.29) is 23.0 Å². The summed E-state index contributed by atoms with van der Waals surface area (Å²) in [6.45, 7) is 6.50. The van der Waals surface area contributed by atoms with Crippen LogP contribution in [0.5, 0.6) is 0 Å². The highest BCUT2D eigenvalue weighted by molar-refractivity contribution is 8.76. The number of hydrogen-bond donors (Lipinski definition) is 2. The van der Waals surface area contributed by atoms with E-state index < -0.39 is 0 Å². The van der Waals surface area contributed by atoms with Gasteiger partial charge in [0.15, 0.2) is 0 Å². The molecule has 0 saturated carbocycles. The molecule has 8 nitrogen and oxygen atoms in total. The van der Waals surface area contributed by atoms with Crippen molar-refractivity contribution in [2.75, 3.05) is 26.3 Å². The fourth-order valence-electron chi connectivity index (χ4n) is 5.59. The number of carbonyl (C=O) groups excluding carboxylic acids is 2. The summed E-state index contributed by atoms with van der Waals surface area (Å²) in [4.78, 5) is 37.5. The van der Waals surface area contributed by atoms with Crippen molar-refractivity contribution in [3.05, 3.63) is 72.1 Å². The second-order valence-corrected chi connectivity index (χ2v) is 13.6. The SMILES string of the molecule is CC1(CNC(=O)c2ccc(SSc3ccc(C(=O)NCC4(C)CCCO4)c4cccnc34)c3ncccc23)CCCO1. The molecule has 0 aliphatic carbocycles. The second kappa shape index (κ2) is 12.2. The lowest BCUT2D eigenvalue weighted by molar-refractivity contribution is 0.0205. The van der Waals surface area contributed by atoms with Gasteiger partial charge < -0.3 is 20.1 Å². The average molecular weight is 603 g/mol. The van der Waals surface area contributed by atoms with Gasteiger partial charge in [0.05, 0.1) is 22.2 Å². The number of nitrogens with one attached hydrogen (secondary N) is 2. The molecule has 0 bridgehead atoms. The largest absolute Gasteiger partial charge is 0.373 e. The summed E-state index contributed by atoms with van der Waals surface area (Å²) in [5, 5.41) is 7.72. The maximum atomic E-state index is 13.2. The summed E-state index contributed by atoms with van der Waals surface area (Å²) in [5.74, 6) is -0.266. The van der Waals surface area contributed by atoms with Gasteiger partial charge in [0.2, 0.25) is 0 Å². The molecule has 2 N–H and O–H groups in total. The quantitative estimate of drug-likeness (QED) is 0.219. The van der Waals surface area contributed by atoms with Crippen LogP contribution in [0.1, 0.15) is 60.2 Å². The van der Waals surface area contributed by atoms with Crippen LogP contribution in [-0.4, -0.2) is 59.3 Å². The molecule has 2 atom stereocenters. The van der Waals surface area contributed by atoms with Gasteiger partial charge in [0.25, 0.3) is 11.8 Å². The van der Waals surface area contributed by atoms with Gasteiger partial charge in [0, 0.05) is 70.4 Å². The third kappa shape index (κ3) is 6.13. The Morgan fingerprint density at radius 2 is 1.19 bits per heavy atom. The number of pyridine rings is 2. The van der Waals surface area contributed by atoms with Gasteiger partial charge >= 0.3 is 0 Å². The third-order valence-electron chi connectivity index (χ3n) is 8.02. The smallest absolute Gasteiger partial charge is 0.252 e. The predicted molar refractivity (Wildman–Crippen MR) is 167 cm³/mol. The predicted octanol–water partition coefficient (Wildman–Crippen LogP) is 6.18. The summed E-state index contributed by atoms with van der Waals surface area (Å²) < 4.78 is 11.7. The molecule has 42 heavy (non-hydrogen) atoms. The Hall–Kier alpha value is -3.18. The highest BCUT2D eigenvalue weighted by atomic mass is 33.1. The first-order valence-electron chi connectivity index (χ1n) is 14.3. The fraction of sp³-hybridized carbons (Fsp3) is 0.375. The first-order chi connectivity index (χ1) is 20.3. The topological polar surface area (TPSA) is 102 Å². The minimum Gasteiger partial charge on any atom is -0.373 e. The molecule has 2 aromatic carbocycles. The molecular weight excluding hydrogens is 569 g/mol. The standard InChI is InChI=1S/C32H34N4O4S2/c1-31(13-5-17-39-31)19-35-29(37)23-9-11-25(27-21(23)7-3-15-33-27)41-42-26-12-10-24(22-8-4-16-34-28(22)26)30(38)36-20-32(2)14-6-18-40-32/h3-4,7-12,15-16H,5-6,13-14,17-20H2,1-2H3,(H,35,37)(H,36,38). The molecule has 2 aromatic heterocycles. The maximum absolute atomic E-state index is 13.2. The van der Waals surface area contributed by atoms with Crippen LogP contribution in [0, 0.1) is 0 Å². The van der Waals surface area contributed by atoms with Crippen molar-refractivity contribution in [2.45, 2.75) is 60.5 Å². The lowest BCUT2D eigenvalue weighted by Gasteiger charge is -2.23. The molecule has 2 saturated heterocycles. The van der Waals surface area contributed by atoms with E-state index in [4.69, 9.17) is 9.47 Å². The lowest BCUT2D eigenvalue weighted by atomic mass is 10.0. The van der Waals surface area contributed by atoms with E-state index in [1.807, 2.05) is 62.4 Å². The molecule has 2 amide bonds. The molecule has 4 heterocycles. The van der Waals surface area contributed by atoms with E-state index in [1.54, 1.807) is 34.0 Å². The molecular formula is C32H34N4O4S2. The molecule has 4 aromatic rings. The Labute approximate surface area is 253 Å². The Morgan fingerprint density at radius 1 is 0.738 bits per heavy atom. The molecule has 2 aliphatic heterocycles. The second-order valence-electron chi connectivity index (χ2n) is 11.4. The Kier molecular flexibility index (Phi) is 8.40. The molecule has 0 radical (unpaired) electrons. The zero-order chi connectivity index (χ0) is 29.2. The third-order valence-corrected chi connectivity index (χ3v) is 10.5. The van der Waals surface area contributed by atoms with Gasteiger partial charge in [-0.1, -0.05) is 33.7 Å². The molecule has 2 aliphatic rings. The van der Waals surface area contributed by atoms with Crippen molar-refractivity contribution in [3.8, 4) is 0 Å². The summed E-state index contributed by atoms with van der Waals surface area (Å²) in [5.41, 5.74) is 2.09. The van der Waals surface area contributed by atoms with Crippen molar-refractivity contribution in [2.24, 2.45) is 0 Å². The van der Waals surface area contributed by atoms with Gasteiger partial charge in [-0.3, -0.25) is 19.6 Å². The van der Waals surface area contributed by atoms with E-state index in [2.05, 4.69) is 20.6 Å². The summed E-state index contributed by atoms with van der Waals surface area (Å²) >= 11 is 0. The van der Waals surface area contributed by atoms with Crippen molar-refractivity contribution in [1.82, 2.24) is 20.6 Å². The van der Waals surface area contributed by atoms with Crippen LogP contribution in [0.4, 0.5) is 0 Å². The summed E-state index contributed by atoms with van der Waals surface area (Å²) in [6.07, 6.45) is 7.38. The number of fused-ring (bicyclic) bond motifs is 2. The van der Waals surface area contributed by atoms with Gasteiger partial charge in [-0.15, -0.1) is 0 Å². The van der Waals surface area contributed by atoms with Crippen LogP contribution in [-0.2, 0) is 9.47 Å². The summed E-state index contributed by atoms with van der Waals surface area (Å²) in [6, 6.07) is 15.2. The monoisotopic (exact) mass is 602 g/mol. The lowest BCUT2D eigenvalue weighted by Crippen LogP contribution is -2.40. The van der Waals surface area contributed by atoms with Crippen molar-refractivity contribution < 1.29 is 19.1 Å². The average Bonchev–Trinajstić information content (AvgIpc) is 3.66. The number of rotatable bonds is 9. The minimum absolute atomic E-state index is 0.133. The van der Waals surface area contributed by atoms with Gasteiger partial charge in [-0.2, -0.15) is 0 Å². The van der Waals surface area contributed by atoms with E-state index in [9.17, 15) is 9.59 Å². The Morgan fingerprint density at radius 3 is 1.60 bits per heavy atom. The van der Waals surface area contributed by atoms with Gasteiger partial charge in [0.1, 0.15) is 0 Å². The highest BCUT2D eigenvalue weighted by Gasteiger charge is 2.31. The number of benzene rings is 2.